The number of nitrogens with one attached hydrogen (secondary N) is 2. The smallest absolute Gasteiger partial charge is 0.134 e. The Hall–Kier alpha value is -2.11. The summed E-state index contributed by atoms with van der Waals surface area (Å²) in [6.45, 7) is 5.84. The molecule has 0 saturated carbocycles. The first-order chi connectivity index (χ1) is 9.76. The van der Waals surface area contributed by atoms with Crippen LogP contribution in [0.1, 0.15) is 25.2 Å². The van der Waals surface area contributed by atoms with Crippen LogP contribution in [-0.2, 0) is 19.9 Å². The van der Waals surface area contributed by atoms with Gasteiger partial charge in [-0.15, -0.1) is 0 Å². The molecule has 2 aromatic heterocycles. The van der Waals surface area contributed by atoms with Crippen molar-refractivity contribution < 1.29 is 0 Å². The molecule has 0 aliphatic carbocycles. The molecule has 0 saturated heterocycles. The third-order valence-corrected chi connectivity index (χ3v) is 3.21. The number of hydrogen-bond donors (Lipinski definition) is 2. The molecule has 0 aromatic carbocycles. The van der Waals surface area contributed by atoms with Gasteiger partial charge in [0, 0.05) is 44.5 Å². The van der Waals surface area contributed by atoms with Gasteiger partial charge in [-0.2, -0.15) is 0 Å². The van der Waals surface area contributed by atoms with Gasteiger partial charge in [0.25, 0.3) is 0 Å². The monoisotopic (exact) mass is 274 g/mol. The van der Waals surface area contributed by atoms with E-state index in [1.807, 2.05) is 24.0 Å². The highest BCUT2D eigenvalue weighted by molar-refractivity contribution is 5.57. The van der Waals surface area contributed by atoms with Gasteiger partial charge in [0.15, 0.2) is 0 Å². The van der Waals surface area contributed by atoms with Crippen LogP contribution in [0.15, 0.2) is 18.7 Å². The van der Waals surface area contributed by atoms with Crippen molar-refractivity contribution in [1.82, 2.24) is 19.5 Å². The first-order valence-corrected chi connectivity index (χ1v) is 7.04. The number of aromatic nitrogens is 4. The second-order valence-corrected chi connectivity index (χ2v) is 4.56. The molecule has 108 valence electrons. The first-order valence-electron chi connectivity index (χ1n) is 7.04. The molecule has 0 bridgehead atoms. The zero-order valence-electron chi connectivity index (χ0n) is 12.3. The standard InChI is InChI=1S/C14H22N6/c1-4-11-13(15-5-2)18-10-19-14(11)17-7-6-12-16-8-9-20(12)3/h8-10H,4-7H2,1-3H3,(H2,15,17,18,19). The molecule has 0 amide bonds. The lowest BCUT2D eigenvalue weighted by atomic mass is 10.2. The predicted molar refractivity (Wildman–Crippen MR) is 81.0 cm³/mol. The summed E-state index contributed by atoms with van der Waals surface area (Å²) in [6.07, 6.45) is 7.14. The molecule has 6 nitrogen and oxygen atoms in total. The number of aryl methyl sites for hydroxylation is 1. The molecular weight excluding hydrogens is 252 g/mol. The molecule has 2 aromatic rings. The van der Waals surface area contributed by atoms with Gasteiger partial charge in [-0.05, 0) is 13.3 Å². The Bertz CT molecular complexity index is 548. The molecule has 0 aliphatic heterocycles. The van der Waals surface area contributed by atoms with Crippen LogP contribution in [0.5, 0.6) is 0 Å². The van der Waals surface area contributed by atoms with Gasteiger partial charge in [0.1, 0.15) is 23.8 Å². The fourth-order valence-corrected chi connectivity index (χ4v) is 2.15. The van der Waals surface area contributed by atoms with Crippen LogP contribution in [0.4, 0.5) is 11.6 Å². The van der Waals surface area contributed by atoms with Crippen LogP contribution in [0, 0.1) is 0 Å². The van der Waals surface area contributed by atoms with Gasteiger partial charge in [-0.1, -0.05) is 6.92 Å². The Kier molecular flexibility index (Phi) is 4.92. The quantitative estimate of drug-likeness (QED) is 0.806. The van der Waals surface area contributed by atoms with E-state index in [4.69, 9.17) is 0 Å². The minimum Gasteiger partial charge on any atom is -0.370 e. The molecule has 2 heterocycles. The SMILES string of the molecule is CCNc1ncnc(NCCc2nccn2C)c1CC. The van der Waals surface area contributed by atoms with Crippen molar-refractivity contribution >= 4 is 11.6 Å². The van der Waals surface area contributed by atoms with Crippen LogP contribution < -0.4 is 10.6 Å². The molecule has 0 fully saturated rings. The maximum Gasteiger partial charge on any atom is 0.134 e. The Balaban J connectivity index is 2.02. The van der Waals surface area contributed by atoms with Crippen molar-refractivity contribution in [2.45, 2.75) is 26.7 Å². The summed E-state index contributed by atoms with van der Waals surface area (Å²) in [5, 5.41) is 6.66. The summed E-state index contributed by atoms with van der Waals surface area (Å²) in [7, 11) is 2.01. The molecule has 6 heteroatoms. The average Bonchev–Trinajstić information content (AvgIpc) is 2.85. The number of hydrogen-bond acceptors (Lipinski definition) is 5. The summed E-state index contributed by atoms with van der Waals surface area (Å²) in [5.74, 6) is 2.90. The molecular formula is C14H22N6. The normalized spacial score (nSPS) is 10.6. The van der Waals surface area contributed by atoms with E-state index < -0.39 is 0 Å². The average molecular weight is 274 g/mol. The zero-order chi connectivity index (χ0) is 14.4. The van der Waals surface area contributed by atoms with Crippen molar-refractivity contribution in [2.24, 2.45) is 7.05 Å². The number of rotatable bonds is 7. The largest absolute Gasteiger partial charge is 0.370 e. The van der Waals surface area contributed by atoms with Crippen LogP contribution in [0.25, 0.3) is 0 Å². The highest BCUT2D eigenvalue weighted by atomic mass is 15.1. The summed E-state index contributed by atoms with van der Waals surface area (Å²) >= 11 is 0. The van der Waals surface area contributed by atoms with Crippen LogP contribution >= 0.6 is 0 Å². The van der Waals surface area contributed by atoms with E-state index in [9.17, 15) is 0 Å². The maximum absolute atomic E-state index is 4.34. The fraction of sp³-hybridized carbons (Fsp3) is 0.500. The lowest BCUT2D eigenvalue weighted by Gasteiger charge is -2.13. The predicted octanol–water partition coefficient (Wildman–Crippen LogP) is 1.86. The molecule has 2 N–H and O–H groups in total. The van der Waals surface area contributed by atoms with Gasteiger partial charge in [-0.25, -0.2) is 15.0 Å². The summed E-state index contributed by atoms with van der Waals surface area (Å²) in [4.78, 5) is 13.0. The number of anilines is 2. The Morgan fingerprint density at radius 1 is 1.10 bits per heavy atom. The molecule has 0 aliphatic rings. The van der Waals surface area contributed by atoms with Crippen LogP contribution in [0.3, 0.4) is 0 Å². The van der Waals surface area contributed by atoms with Gasteiger partial charge in [-0.3, -0.25) is 0 Å². The zero-order valence-corrected chi connectivity index (χ0v) is 12.3. The second kappa shape index (κ2) is 6.88. The van der Waals surface area contributed by atoms with E-state index in [2.05, 4.69) is 39.4 Å². The third kappa shape index (κ3) is 3.26. The Morgan fingerprint density at radius 2 is 1.85 bits per heavy atom. The Morgan fingerprint density at radius 3 is 2.45 bits per heavy atom. The van der Waals surface area contributed by atoms with Crippen molar-refractivity contribution in [3.8, 4) is 0 Å². The summed E-state index contributed by atoms with van der Waals surface area (Å²) in [6, 6.07) is 0. The Labute approximate surface area is 119 Å². The molecule has 2 rings (SSSR count). The number of imidazole rings is 1. The van der Waals surface area contributed by atoms with E-state index in [0.29, 0.717) is 0 Å². The lowest BCUT2D eigenvalue weighted by molar-refractivity contribution is 0.787. The fourth-order valence-electron chi connectivity index (χ4n) is 2.15. The van der Waals surface area contributed by atoms with Crippen molar-refractivity contribution in [1.29, 1.82) is 0 Å². The number of nitrogens with zero attached hydrogens (tertiary/aromatic N) is 4. The molecule has 0 atom stereocenters. The molecule has 0 spiro atoms. The van der Waals surface area contributed by atoms with E-state index in [1.165, 1.54) is 0 Å². The van der Waals surface area contributed by atoms with Gasteiger partial charge < -0.3 is 15.2 Å². The minimum atomic E-state index is 0.806. The van der Waals surface area contributed by atoms with Crippen molar-refractivity contribution in [3.63, 3.8) is 0 Å². The van der Waals surface area contributed by atoms with Crippen molar-refractivity contribution in [2.75, 3.05) is 23.7 Å². The second-order valence-electron chi connectivity index (χ2n) is 4.56. The maximum atomic E-state index is 4.34. The third-order valence-electron chi connectivity index (χ3n) is 3.21. The van der Waals surface area contributed by atoms with E-state index in [0.717, 1.165) is 49.0 Å². The first kappa shape index (κ1) is 14.3. The van der Waals surface area contributed by atoms with E-state index in [-0.39, 0.29) is 0 Å². The van der Waals surface area contributed by atoms with Crippen molar-refractivity contribution in [3.05, 3.63) is 30.1 Å². The topological polar surface area (TPSA) is 67.7 Å². The highest BCUT2D eigenvalue weighted by Gasteiger charge is 2.09. The highest BCUT2D eigenvalue weighted by Crippen LogP contribution is 2.20. The van der Waals surface area contributed by atoms with Gasteiger partial charge in [0.05, 0.1) is 0 Å². The van der Waals surface area contributed by atoms with Crippen LogP contribution in [0.2, 0.25) is 0 Å². The van der Waals surface area contributed by atoms with Crippen LogP contribution in [-0.4, -0.2) is 32.6 Å². The van der Waals surface area contributed by atoms with E-state index in [1.54, 1.807) is 6.33 Å². The van der Waals surface area contributed by atoms with E-state index >= 15 is 0 Å². The molecule has 0 radical (unpaired) electrons. The lowest BCUT2D eigenvalue weighted by Crippen LogP contribution is -2.13. The molecule has 0 unspecified atom stereocenters. The summed E-state index contributed by atoms with van der Waals surface area (Å²) < 4.78 is 2.03. The minimum absolute atomic E-state index is 0.806. The van der Waals surface area contributed by atoms with Gasteiger partial charge >= 0.3 is 0 Å². The van der Waals surface area contributed by atoms with Gasteiger partial charge in [0.2, 0.25) is 0 Å². The summed E-state index contributed by atoms with van der Waals surface area (Å²) in [5.41, 5.74) is 1.13. The molecule has 20 heavy (non-hydrogen) atoms.